The van der Waals surface area contributed by atoms with Gasteiger partial charge in [-0.3, -0.25) is 9.59 Å². The molecule has 5 nitrogen and oxygen atoms in total. The molecule has 0 aliphatic heterocycles. The third-order valence-corrected chi connectivity index (χ3v) is 2.89. The number of rotatable bonds is 5. The first kappa shape index (κ1) is 14.7. The quantitative estimate of drug-likeness (QED) is 0.697. The number of quaternary nitrogens is 1. The van der Waals surface area contributed by atoms with Gasteiger partial charge < -0.3 is 16.0 Å². The van der Waals surface area contributed by atoms with Gasteiger partial charge in [0.1, 0.15) is 0 Å². The van der Waals surface area contributed by atoms with Crippen molar-refractivity contribution in [2.75, 3.05) is 25.5 Å². The van der Waals surface area contributed by atoms with E-state index in [0.29, 0.717) is 0 Å². The fourth-order valence-corrected chi connectivity index (χ4v) is 2.07. The maximum atomic E-state index is 11.7. The lowest BCUT2D eigenvalue weighted by atomic mass is 10.2. The van der Waals surface area contributed by atoms with Gasteiger partial charge in [-0.15, -0.1) is 0 Å². The Balaban J connectivity index is 2.56. The van der Waals surface area contributed by atoms with Gasteiger partial charge in [0.25, 0.3) is 11.8 Å². The number of aryl methyl sites for hydroxylation is 1. The largest absolute Gasteiger partial charge is 0.365 e. The molecule has 0 saturated heterocycles. The van der Waals surface area contributed by atoms with Crippen LogP contribution in [0, 0.1) is 6.92 Å². The Morgan fingerprint density at radius 3 is 2.61 bits per heavy atom. The third kappa shape index (κ3) is 4.85. The summed E-state index contributed by atoms with van der Waals surface area (Å²) in [6.45, 7) is 2.27. The molecule has 0 bridgehead atoms. The van der Waals surface area contributed by atoms with Crippen molar-refractivity contribution in [1.82, 2.24) is 0 Å². The van der Waals surface area contributed by atoms with Gasteiger partial charge in [0, 0.05) is 10.2 Å². The van der Waals surface area contributed by atoms with Crippen molar-refractivity contribution in [1.29, 1.82) is 0 Å². The number of amides is 2. The van der Waals surface area contributed by atoms with E-state index in [9.17, 15) is 9.59 Å². The van der Waals surface area contributed by atoms with E-state index in [1.54, 1.807) is 7.05 Å². The van der Waals surface area contributed by atoms with Crippen LogP contribution in [0.3, 0.4) is 0 Å². The number of nitrogens with two attached hydrogens (primary N) is 1. The van der Waals surface area contributed by atoms with Gasteiger partial charge in [0.05, 0.1) is 7.05 Å². The molecule has 1 unspecified atom stereocenters. The lowest BCUT2D eigenvalue weighted by molar-refractivity contribution is -0.862. The molecule has 0 aromatic heterocycles. The molecule has 1 atom stereocenters. The normalized spacial score (nSPS) is 11.9. The van der Waals surface area contributed by atoms with E-state index in [2.05, 4.69) is 21.2 Å². The number of carbonyl (C=O) groups excluding carboxylic acids is 2. The highest BCUT2D eigenvalue weighted by atomic mass is 79.9. The summed E-state index contributed by atoms with van der Waals surface area (Å²) in [5, 5.41) is 2.81. The molecule has 1 aromatic rings. The van der Waals surface area contributed by atoms with Crippen LogP contribution in [-0.4, -0.2) is 32.0 Å². The first-order valence-electron chi connectivity index (χ1n) is 5.54. The summed E-state index contributed by atoms with van der Waals surface area (Å²) in [6.07, 6.45) is 0. The van der Waals surface area contributed by atoms with Gasteiger partial charge in [0.15, 0.2) is 13.1 Å². The summed E-state index contributed by atoms with van der Waals surface area (Å²) in [7, 11) is 1.75. The summed E-state index contributed by atoms with van der Waals surface area (Å²) in [5.41, 5.74) is 6.82. The summed E-state index contributed by atoms with van der Waals surface area (Å²) in [5.74, 6) is -0.556. The van der Waals surface area contributed by atoms with Gasteiger partial charge in [-0.25, -0.2) is 0 Å². The molecule has 6 heteroatoms. The Morgan fingerprint density at radius 2 is 2.06 bits per heavy atom. The summed E-state index contributed by atoms with van der Waals surface area (Å²) in [6, 6.07) is 5.62. The molecule has 0 aliphatic carbocycles. The second-order valence-corrected chi connectivity index (χ2v) is 5.20. The fourth-order valence-electron chi connectivity index (χ4n) is 1.60. The molecule has 0 saturated carbocycles. The van der Waals surface area contributed by atoms with E-state index in [4.69, 9.17) is 5.73 Å². The fraction of sp³-hybridized carbons (Fsp3) is 0.333. The minimum absolute atomic E-state index is 0.140. The van der Waals surface area contributed by atoms with Crippen molar-refractivity contribution in [2.45, 2.75) is 6.92 Å². The minimum atomic E-state index is -0.417. The molecule has 1 aromatic carbocycles. The average molecular weight is 315 g/mol. The van der Waals surface area contributed by atoms with Crippen LogP contribution in [0.5, 0.6) is 0 Å². The second kappa shape index (κ2) is 6.51. The molecule has 2 amide bonds. The van der Waals surface area contributed by atoms with Crippen molar-refractivity contribution in [2.24, 2.45) is 5.73 Å². The van der Waals surface area contributed by atoms with Crippen molar-refractivity contribution < 1.29 is 14.5 Å². The van der Waals surface area contributed by atoms with Crippen LogP contribution in [0.2, 0.25) is 0 Å². The van der Waals surface area contributed by atoms with E-state index < -0.39 is 5.91 Å². The maximum Gasteiger partial charge on any atom is 0.279 e. The summed E-state index contributed by atoms with van der Waals surface area (Å²) >= 11 is 3.36. The maximum absolute atomic E-state index is 11.7. The standard InChI is InChI=1S/C12H16BrN3O2/c1-8-5-9(13)3-4-10(8)15-12(18)7-16(2)6-11(14)17/h3-5H,6-7H2,1-2H3,(H2,14,17)(H,15,18)/p+1. The Hall–Kier alpha value is -1.40. The molecule has 0 heterocycles. The Bertz CT molecular complexity index is 463. The van der Waals surface area contributed by atoms with Crippen LogP contribution in [0.25, 0.3) is 0 Å². The molecular weight excluding hydrogens is 298 g/mol. The summed E-state index contributed by atoms with van der Waals surface area (Å²) < 4.78 is 0.967. The van der Waals surface area contributed by atoms with Crippen LogP contribution in [-0.2, 0) is 9.59 Å². The number of likely N-dealkylation sites (N-methyl/N-ethyl adjacent to an activating group) is 1. The van der Waals surface area contributed by atoms with E-state index >= 15 is 0 Å². The predicted octanol–water partition coefficient (Wildman–Crippen LogP) is -0.304. The third-order valence-electron chi connectivity index (χ3n) is 2.40. The molecule has 98 valence electrons. The lowest BCUT2D eigenvalue weighted by Crippen LogP contribution is -3.11. The Labute approximate surface area is 114 Å². The lowest BCUT2D eigenvalue weighted by Gasteiger charge is -2.13. The predicted molar refractivity (Wildman–Crippen MR) is 73.3 cm³/mol. The average Bonchev–Trinajstić information content (AvgIpc) is 2.20. The molecule has 0 spiro atoms. The Morgan fingerprint density at radius 1 is 1.39 bits per heavy atom. The second-order valence-electron chi connectivity index (χ2n) is 4.28. The number of hydrogen-bond acceptors (Lipinski definition) is 2. The van der Waals surface area contributed by atoms with Gasteiger partial charge >= 0.3 is 0 Å². The highest BCUT2D eigenvalue weighted by Gasteiger charge is 2.12. The number of primary amides is 1. The van der Waals surface area contributed by atoms with Gasteiger partial charge in [-0.2, -0.15) is 0 Å². The first-order valence-corrected chi connectivity index (χ1v) is 6.33. The minimum Gasteiger partial charge on any atom is -0.365 e. The van der Waals surface area contributed by atoms with E-state index in [0.717, 1.165) is 20.6 Å². The van der Waals surface area contributed by atoms with Gasteiger partial charge in [0.2, 0.25) is 0 Å². The van der Waals surface area contributed by atoms with Crippen LogP contribution in [0.4, 0.5) is 5.69 Å². The smallest absolute Gasteiger partial charge is 0.279 e. The highest BCUT2D eigenvalue weighted by molar-refractivity contribution is 9.10. The van der Waals surface area contributed by atoms with Gasteiger partial charge in [-0.05, 0) is 30.7 Å². The van der Waals surface area contributed by atoms with Crippen molar-refractivity contribution in [3.8, 4) is 0 Å². The zero-order valence-electron chi connectivity index (χ0n) is 10.4. The number of carbonyl (C=O) groups is 2. The van der Waals surface area contributed by atoms with Crippen LogP contribution >= 0.6 is 15.9 Å². The molecule has 4 N–H and O–H groups in total. The zero-order valence-corrected chi connectivity index (χ0v) is 12.0. The number of benzene rings is 1. The van der Waals surface area contributed by atoms with E-state index in [1.165, 1.54) is 0 Å². The number of nitrogens with one attached hydrogen (secondary N) is 2. The molecule has 18 heavy (non-hydrogen) atoms. The Kier molecular flexibility index (Phi) is 5.30. The van der Waals surface area contributed by atoms with Crippen molar-refractivity contribution >= 4 is 33.4 Å². The van der Waals surface area contributed by atoms with E-state index in [-0.39, 0.29) is 19.0 Å². The number of hydrogen-bond donors (Lipinski definition) is 3. The SMILES string of the molecule is Cc1cc(Br)ccc1NC(=O)C[NH+](C)CC(N)=O. The summed E-state index contributed by atoms with van der Waals surface area (Å²) in [4.78, 5) is 23.2. The van der Waals surface area contributed by atoms with Crippen molar-refractivity contribution in [3.05, 3.63) is 28.2 Å². The molecule has 0 radical (unpaired) electrons. The molecule has 0 fully saturated rings. The van der Waals surface area contributed by atoms with Crippen LogP contribution in [0.15, 0.2) is 22.7 Å². The van der Waals surface area contributed by atoms with Crippen LogP contribution in [0.1, 0.15) is 5.56 Å². The topological polar surface area (TPSA) is 76.6 Å². The monoisotopic (exact) mass is 314 g/mol. The number of halogens is 1. The van der Waals surface area contributed by atoms with E-state index in [1.807, 2.05) is 25.1 Å². The molecule has 0 aliphatic rings. The number of anilines is 1. The molecular formula is C12H17BrN3O2+. The highest BCUT2D eigenvalue weighted by Crippen LogP contribution is 2.19. The van der Waals surface area contributed by atoms with Crippen LogP contribution < -0.4 is 16.0 Å². The molecule has 1 rings (SSSR count). The van der Waals surface area contributed by atoms with Gasteiger partial charge in [-0.1, -0.05) is 15.9 Å². The van der Waals surface area contributed by atoms with Crippen molar-refractivity contribution in [3.63, 3.8) is 0 Å². The first-order chi connectivity index (χ1) is 8.38. The zero-order chi connectivity index (χ0) is 13.7.